The summed E-state index contributed by atoms with van der Waals surface area (Å²) in [5, 5.41) is 7.51. The van der Waals surface area contributed by atoms with Crippen LogP contribution in [0.25, 0.3) is 11.3 Å². The average molecular weight is 402 g/mol. The van der Waals surface area contributed by atoms with Gasteiger partial charge in [-0.05, 0) is 60.7 Å². The quantitative estimate of drug-likeness (QED) is 0.689. The molecule has 1 aliphatic rings. The van der Waals surface area contributed by atoms with Gasteiger partial charge >= 0.3 is 0 Å². The lowest BCUT2D eigenvalue weighted by Gasteiger charge is -2.25. The second-order valence-corrected chi connectivity index (χ2v) is 7.79. The van der Waals surface area contributed by atoms with E-state index < -0.39 is 0 Å². The first-order valence-corrected chi connectivity index (χ1v) is 10.3. The fourth-order valence-corrected chi connectivity index (χ4v) is 3.58. The third kappa shape index (κ3) is 4.83. The molecule has 1 aliphatic heterocycles. The Hall–Kier alpha value is -3.25. The van der Waals surface area contributed by atoms with Gasteiger partial charge in [0.15, 0.2) is 0 Å². The zero-order chi connectivity index (χ0) is 20.9. The van der Waals surface area contributed by atoms with E-state index in [-0.39, 0.29) is 5.91 Å². The Morgan fingerprint density at radius 2 is 2.07 bits per heavy atom. The summed E-state index contributed by atoms with van der Waals surface area (Å²) >= 11 is 0. The number of hydrogen-bond donors (Lipinski definition) is 1. The zero-order valence-corrected chi connectivity index (χ0v) is 17.5. The van der Waals surface area contributed by atoms with E-state index >= 15 is 0 Å². The van der Waals surface area contributed by atoms with Crippen molar-refractivity contribution in [3.05, 3.63) is 83.4 Å². The molecule has 0 saturated heterocycles. The number of nitrogens with zero attached hydrogens (tertiary/aromatic N) is 4. The predicted molar refractivity (Wildman–Crippen MR) is 118 cm³/mol. The maximum atomic E-state index is 12.2. The molecular weight excluding hydrogens is 374 g/mol. The molecular formula is C24H27N5O. The molecule has 0 aliphatic carbocycles. The predicted octanol–water partition coefficient (Wildman–Crippen LogP) is 3.29. The van der Waals surface area contributed by atoms with Crippen LogP contribution >= 0.6 is 0 Å². The Bertz CT molecular complexity index is 1050. The lowest BCUT2D eigenvalue weighted by molar-refractivity contribution is -0.122. The van der Waals surface area contributed by atoms with Gasteiger partial charge in [-0.3, -0.25) is 14.7 Å². The van der Waals surface area contributed by atoms with E-state index in [1.54, 1.807) is 12.4 Å². The summed E-state index contributed by atoms with van der Waals surface area (Å²) in [4.78, 5) is 18.5. The second-order valence-electron chi connectivity index (χ2n) is 7.79. The minimum atomic E-state index is 0.0401. The first-order valence-electron chi connectivity index (χ1n) is 10.3. The molecule has 1 amide bonds. The standard InChI is InChI=1S/C24H27N5O/c1-18-5-6-23(12-19(18)2)29-16-22(15-27-29)21-7-10-28(11-8-21)17-24(30)26-14-20-4-3-9-25-13-20/h3-7,9,12-13,15-16H,8,10-11,14,17H2,1-2H3,(H,26,30). The molecule has 3 heterocycles. The molecule has 0 saturated carbocycles. The zero-order valence-electron chi connectivity index (χ0n) is 17.5. The highest BCUT2D eigenvalue weighted by molar-refractivity contribution is 5.78. The first kappa shape index (κ1) is 20.0. The maximum Gasteiger partial charge on any atom is 0.234 e. The molecule has 0 fully saturated rings. The van der Waals surface area contributed by atoms with Gasteiger partial charge in [-0.25, -0.2) is 4.68 Å². The van der Waals surface area contributed by atoms with E-state index in [1.807, 2.05) is 23.0 Å². The van der Waals surface area contributed by atoms with Gasteiger partial charge in [-0.15, -0.1) is 0 Å². The van der Waals surface area contributed by atoms with Gasteiger partial charge < -0.3 is 5.32 Å². The smallest absolute Gasteiger partial charge is 0.234 e. The van der Waals surface area contributed by atoms with Gasteiger partial charge in [0.2, 0.25) is 5.91 Å². The lowest BCUT2D eigenvalue weighted by Crippen LogP contribution is -2.39. The highest BCUT2D eigenvalue weighted by atomic mass is 16.2. The van der Waals surface area contributed by atoms with Crippen LogP contribution in [-0.4, -0.2) is 45.2 Å². The number of aryl methyl sites for hydroxylation is 2. The molecule has 3 aromatic rings. The highest BCUT2D eigenvalue weighted by Crippen LogP contribution is 2.23. The molecule has 1 aromatic carbocycles. The summed E-state index contributed by atoms with van der Waals surface area (Å²) in [7, 11) is 0. The molecule has 154 valence electrons. The van der Waals surface area contributed by atoms with Crippen LogP contribution in [0.4, 0.5) is 0 Å². The Labute approximate surface area is 177 Å². The summed E-state index contributed by atoms with van der Waals surface area (Å²) in [6.07, 6.45) is 10.6. The largest absolute Gasteiger partial charge is 0.351 e. The van der Waals surface area contributed by atoms with Gasteiger partial charge in [0.25, 0.3) is 0 Å². The fraction of sp³-hybridized carbons (Fsp3) is 0.292. The van der Waals surface area contributed by atoms with Gasteiger partial charge in [0.1, 0.15) is 0 Å². The summed E-state index contributed by atoms with van der Waals surface area (Å²) in [6.45, 7) is 6.79. The topological polar surface area (TPSA) is 63.1 Å². The van der Waals surface area contributed by atoms with Crippen LogP contribution in [0.2, 0.25) is 0 Å². The number of amides is 1. The Morgan fingerprint density at radius 1 is 1.17 bits per heavy atom. The summed E-state index contributed by atoms with van der Waals surface area (Å²) in [5.74, 6) is 0.0401. The van der Waals surface area contributed by atoms with Crippen LogP contribution in [0.3, 0.4) is 0 Å². The van der Waals surface area contributed by atoms with Crippen LogP contribution in [0.15, 0.2) is 61.2 Å². The fourth-order valence-electron chi connectivity index (χ4n) is 3.58. The number of aromatic nitrogens is 3. The lowest BCUT2D eigenvalue weighted by atomic mass is 10.0. The van der Waals surface area contributed by atoms with Gasteiger partial charge in [-0.1, -0.05) is 18.2 Å². The van der Waals surface area contributed by atoms with Crippen molar-refractivity contribution >= 4 is 11.5 Å². The molecule has 30 heavy (non-hydrogen) atoms. The van der Waals surface area contributed by atoms with Crippen molar-refractivity contribution < 1.29 is 4.79 Å². The summed E-state index contributed by atoms with van der Waals surface area (Å²) in [5.41, 5.74) is 7.07. The number of benzene rings is 1. The second kappa shape index (κ2) is 9.05. The van der Waals surface area contributed by atoms with E-state index in [9.17, 15) is 4.79 Å². The van der Waals surface area contributed by atoms with Crippen LogP contribution in [0, 0.1) is 13.8 Å². The number of rotatable bonds is 6. The average Bonchev–Trinajstić information content (AvgIpc) is 3.26. The molecule has 0 unspecified atom stereocenters. The van der Waals surface area contributed by atoms with E-state index in [2.05, 4.69) is 64.6 Å². The van der Waals surface area contributed by atoms with E-state index in [4.69, 9.17) is 0 Å². The highest BCUT2D eigenvalue weighted by Gasteiger charge is 2.17. The third-order valence-electron chi connectivity index (χ3n) is 5.58. The molecule has 6 nitrogen and oxygen atoms in total. The molecule has 0 atom stereocenters. The Balaban J connectivity index is 1.32. The Morgan fingerprint density at radius 3 is 2.80 bits per heavy atom. The molecule has 0 radical (unpaired) electrons. The van der Waals surface area contributed by atoms with Crippen LogP contribution in [0.5, 0.6) is 0 Å². The molecule has 0 bridgehead atoms. The minimum absolute atomic E-state index is 0.0401. The van der Waals surface area contributed by atoms with Crippen LogP contribution in [-0.2, 0) is 11.3 Å². The molecule has 4 rings (SSSR count). The van der Waals surface area contributed by atoms with E-state index in [0.717, 1.165) is 36.3 Å². The molecule has 6 heteroatoms. The van der Waals surface area contributed by atoms with Gasteiger partial charge in [-0.2, -0.15) is 5.10 Å². The third-order valence-corrected chi connectivity index (χ3v) is 5.58. The minimum Gasteiger partial charge on any atom is -0.351 e. The SMILES string of the molecule is Cc1ccc(-n2cc(C3=CCN(CC(=O)NCc4cccnc4)CC3)cn2)cc1C. The van der Waals surface area contributed by atoms with Crippen molar-refractivity contribution in [3.63, 3.8) is 0 Å². The van der Waals surface area contributed by atoms with Crippen molar-refractivity contribution in [1.29, 1.82) is 0 Å². The summed E-state index contributed by atoms with van der Waals surface area (Å²) in [6, 6.07) is 10.2. The first-order chi connectivity index (χ1) is 14.6. The monoisotopic (exact) mass is 401 g/mol. The van der Waals surface area contributed by atoms with Crippen molar-refractivity contribution in [3.8, 4) is 5.69 Å². The summed E-state index contributed by atoms with van der Waals surface area (Å²) < 4.78 is 1.93. The van der Waals surface area contributed by atoms with E-state index in [1.165, 1.54) is 16.7 Å². The molecule has 1 N–H and O–H groups in total. The van der Waals surface area contributed by atoms with Gasteiger partial charge in [0, 0.05) is 43.8 Å². The van der Waals surface area contributed by atoms with Gasteiger partial charge in [0.05, 0.1) is 18.4 Å². The van der Waals surface area contributed by atoms with Crippen molar-refractivity contribution in [2.24, 2.45) is 0 Å². The number of carbonyl (C=O) groups is 1. The molecule has 2 aromatic heterocycles. The van der Waals surface area contributed by atoms with Crippen LogP contribution < -0.4 is 5.32 Å². The van der Waals surface area contributed by atoms with Crippen molar-refractivity contribution in [2.45, 2.75) is 26.8 Å². The number of hydrogen-bond acceptors (Lipinski definition) is 4. The number of carbonyl (C=O) groups excluding carboxylic acids is 1. The van der Waals surface area contributed by atoms with Crippen molar-refractivity contribution in [1.82, 2.24) is 25.0 Å². The number of nitrogens with one attached hydrogen (secondary N) is 1. The molecule has 0 spiro atoms. The number of pyridine rings is 1. The maximum absolute atomic E-state index is 12.2. The van der Waals surface area contributed by atoms with Crippen molar-refractivity contribution in [2.75, 3.05) is 19.6 Å². The Kier molecular flexibility index (Phi) is 6.05. The normalized spacial score (nSPS) is 14.4. The van der Waals surface area contributed by atoms with Crippen LogP contribution in [0.1, 0.15) is 28.7 Å². The van der Waals surface area contributed by atoms with E-state index in [0.29, 0.717) is 13.1 Å².